The summed E-state index contributed by atoms with van der Waals surface area (Å²) < 4.78 is 0. The van der Waals surface area contributed by atoms with Crippen molar-refractivity contribution >= 4 is 0 Å². The summed E-state index contributed by atoms with van der Waals surface area (Å²) in [6, 6.07) is 9.58. The molecule has 1 saturated carbocycles. The van der Waals surface area contributed by atoms with Gasteiger partial charge < -0.3 is 0 Å². The number of benzene rings is 1. The van der Waals surface area contributed by atoms with Gasteiger partial charge in [0.15, 0.2) is 0 Å². The highest BCUT2D eigenvalue weighted by molar-refractivity contribution is 5.42. The highest BCUT2D eigenvalue weighted by Crippen LogP contribution is 2.57. The predicted octanol–water partition coefficient (Wildman–Crippen LogP) is 7.07. The van der Waals surface area contributed by atoms with Crippen LogP contribution < -0.4 is 0 Å². The van der Waals surface area contributed by atoms with Crippen LogP contribution in [0.4, 0.5) is 0 Å². The van der Waals surface area contributed by atoms with Gasteiger partial charge in [0, 0.05) is 6.42 Å². The molecule has 140 valence electrons. The Morgan fingerprint density at radius 2 is 2.08 bits per heavy atom. The number of rotatable bonds is 5. The zero-order valence-corrected chi connectivity index (χ0v) is 17.1. The number of nitriles is 1. The van der Waals surface area contributed by atoms with Gasteiger partial charge in [0.2, 0.25) is 0 Å². The minimum atomic E-state index is 0.300. The van der Waals surface area contributed by atoms with Gasteiger partial charge in [-0.05, 0) is 77.9 Å². The van der Waals surface area contributed by atoms with Crippen LogP contribution in [-0.4, -0.2) is 0 Å². The molecule has 3 atom stereocenters. The van der Waals surface area contributed by atoms with E-state index in [2.05, 4.69) is 64.1 Å². The summed E-state index contributed by atoms with van der Waals surface area (Å²) >= 11 is 0. The van der Waals surface area contributed by atoms with Crippen LogP contribution in [0.2, 0.25) is 0 Å². The van der Waals surface area contributed by atoms with Gasteiger partial charge in [-0.3, -0.25) is 0 Å². The van der Waals surface area contributed by atoms with Crippen LogP contribution in [0.1, 0.15) is 95.2 Å². The first-order valence-electron chi connectivity index (χ1n) is 10.6. The van der Waals surface area contributed by atoms with Gasteiger partial charge in [-0.25, -0.2) is 0 Å². The summed E-state index contributed by atoms with van der Waals surface area (Å²) in [4.78, 5) is 0. The highest BCUT2D eigenvalue weighted by Gasteiger charge is 2.50. The first-order valence-corrected chi connectivity index (χ1v) is 10.6. The maximum Gasteiger partial charge on any atom is 0.0621 e. The molecule has 0 aromatic heterocycles. The van der Waals surface area contributed by atoms with Gasteiger partial charge in [0.05, 0.1) is 6.07 Å². The van der Waals surface area contributed by atoms with E-state index in [0.29, 0.717) is 23.2 Å². The molecule has 0 bridgehead atoms. The molecular weight excluding hydrogens is 314 g/mol. The number of aryl methyl sites for hydroxylation is 1. The van der Waals surface area contributed by atoms with Crippen LogP contribution in [0.3, 0.4) is 0 Å². The van der Waals surface area contributed by atoms with Gasteiger partial charge in [-0.15, -0.1) is 0 Å². The Kier molecular flexibility index (Phi) is 5.61. The Morgan fingerprint density at radius 1 is 1.27 bits per heavy atom. The molecule has 1 fully saturated rings. The maximum atomic E-state index is 8.73. The lowest BCUT2D eigenvalue weighted by Gasteiger charge is -2.54. The van der Waals surface area contributed by atoms with E-state index < -0.39 is 0 Å². The van der Waals surface area contributed by atoms with Crippen molar-refractivity contribution in [3.63, 3.8) is 0 Å². The van der Waals surface area contributed by atoms with E-state index in [4.69, 9.17) is 5.26 Å². The van der Waals surface area contributed by atoms with E-state index in [-0.39, 0.29) is 0 Å². The minimum Gasteiger partial charge on any atom is -0.198 e. The number of hydrogen-bond donors (Lipinski definition) is 0. The van der Waals surface area contributed by atoms with E-state index in [1.54, 1.807) is 11.1 Å². The van der Waals surface area contributed by atoms with Crippen LogP contribution >= 0.6 is 0 Å². The van der Waals surface area contributed by atoms with Gasteiger partial charge in [-0.2, -0.15) is 5.26 Å². The zero-order chi connectivity index (χ0) is 18.8. The topological polar surface area (TPSA) is 23.8 Å². The van der Waals surface area contributed by atoms with Crippen molar-refractivity contribution in [2.45, 2.75) is 90.4 Å². The Balaban J connectivity index is 1.87. The summed E-state index contributed by atoms with van der Waals surface area (Å²) in [5.74, 6) is 1.34. The molecule has 0 heterocycles. The summed E-state index contributed by atoms with van der Waals surface area (Å²) in [6.45, 7) is 9.61. The molecule has 1 heteroatoms. The smallest absolute Gasteiger partial charge is 0.0621 e. The van der Waals surface area contributed by atoms with Crippen molar-refractivity contribution in [1.29, 1.82) is 5.26 Å². The number of allylic oxidation sites excluding steroid dienone is 2. The molecular formula is C25H35N. The van der Waals surface area contributed by atoms with Crippen LogP contribution in [0.25, 0.3) is 0 Å². The SMILES string of the molecule is CC(C)c1ccc2c(c1)CCC1[C@@](C)(C=CCCCC#N)CCC[C@]21C. The molecule has 2 aliphatic carbocycles. The van der Waals surface area contributed by atoms with Crippen molar-refractivity contribution in [2.75, 3.05) is 0 Å². The van der Waals surface area contributed by atoms with Crippen LogP contribution in [-0.2, 0) is 11.8 Å². The zero-order valence-electron chi connectivity index (χ0n) is 17.1. The summed E-state index contributed by atoms with van der Waals surface area (Å²) in [5, 5.41) is 8.73. The number of hydrogen-bond acceptors (Lipinski definition) is 1. The molecule has 0 radical (unpaired) electrons. The number of unbranched alkanes of at least 4 members (excludes halogenated alkanes) is 2. The average molecular weight is 350 g/mol. The Morgan fingerprint density at radius 3 is 2.81 bits per heavy atom. The predicted molar refractivity (Wildman–Crippen MR) is 110 cm³/mol. The number of fused-ring (bicyclic) bond motifs is 3. The van der Waals surface area contributed by atoms with Gasteiger partial charge in [0.25, 0.3) is 0 Å². The van der Waals surface area contributed by atoms with Crippen LogP contribution in [0.5, 0.6) is 0 Å². The molecule has 0 N–H and O–H groups in total. The lowest BCUT2D eigenvalue weighted by Crippen LogP contribution is -2.48. The van der Waals surface area contributed by atoms with Gasteiger partial charge in [0.1, 0.15) is 0 Å². The van der Waals surface area contributed by atoms with E-state index in [0.717, 1.165) is 18.8 Å². The second-order valence-corrected chi connectivity index (χ2v) is 9.39. The quantitative estimate of drug-likeness (QED) is 0.412. The first-order chi connectivity index (χ1) is 12.4. The molecule has 26 heavy (non-hydrogen) atoms. The minimum absolute atomic E-state index is 0.300. The van der Waals surface area contributed by atoms with E-state index in [1.807, 2.05) is 0 Å². The van der Waals surface area contributed by atoms with Crippen molar-refractivity contribution < 1.29 is 0 Å². The molecule has 1 unspecified atom stereocenters. The number of nitrogens with zero attached hydrogens (tertiary/aromatic N) is 1. The second kappa shape index (κ2) is 7.59. The molecule has 0 saturated heterocycles. The van der Waals surface area contributed by atoms with Crippen molar-refractivity contribution in [1.82, 2.24) is 0 Å². The molecule has 0 spiro atoms. The van der Waals surface area contributed by atoms with E-state index >= 15 is 0 Å². The molecule has 1 nitrogen and oxygen atoms in total. The third-order valence-corrected chi connectivity index (χ3v) is 7.25. The van der Waals surface area contributed by atoms with Gasteiger partial charge in [-0.1, -0.05) is 64.5 Å². The third kappa shape index (κ3) is 3.48. The standard InChI is InChI=1S/C25H35N/c1-19(2)20-10-12-22-21(18-20)11-13-23-24(3,14-7-5-6-8-17-26)15-9-16-25(22,23)4/h7,10,12,14,18-19,23H,5-6,8-9,11,13,15-16H2,1-4H3/t23?,24-,25+/m0/s1. The van der Waals surface area contributed by atoms with E-state index in [9.17, 15) is 0 Å². The Bertz CT molecular complexity index is 707. The fourth-order valence-electron chi connectivity index (χ4n) is 5.77. The summed E-state index contributed by atoms with van der Waals surface area (Å²) in [7, 11) is 0. The summed E-state index contributed by atoms with van der Waals surface area (Å²) in [5.41, 5.74) is 5.34. The third-order valence-electron chi connectivity index (χ3n) is 7.25. The fourth-order valence-corrected chi connectivity index (χ4v) is 5.77. The Hall–Kier alpha value is -1.55. The highest BCUT2D eigenvalue weighted by atomic mass is 14.5. The van der Waals surface area contributed by atoms with Gasteiger partial charge >= 0.3 is 0 Å². The Labute approximate surface area is 160 Å². The normalized spacial score (nSPS) is 30.8. The maximum absolute atomic E-state index is 8.73. The molecule has 3 rings (SSSR count). The monoisotopic (exact) mass is 349 g/mol. The lowest BCUT2D eigenvalue weighted by molar-refractivity contribution is 0.0629. The van der Waals surface area contributed by atoms with Crippen molar-refractivity contribution in [2.24, 2.45) is 11.3 Å². The summed E-state index contributed by atoms with van der Waals surface area (Å²) in [6.07, 6.45) is 14.1. The van der Waals surface area contributed by atoms with Crippen LogP contribution in [0, 0.1) is 22.7 Å². The first kappa shape index (κ1) is 19.2. The molecule has 2 aliphatic rings. The molecule has 0 aliphatic heterocycles. The lowest BCUT2D eigenvalue weighted by atomic mass is 9.49. The average Bonchev–Trinajstić information content (AvgIpc) is 2.61. The second-order valence-electron chi connectivity index (χ2n) is 9.39. The van der Waals surface area contributed by atoms with Crippen molar-refractivity contribution in [3.8, 4) is 6.07 Å². The van der Waals surface area contributed by atoms with E-state index in [1.165, 1.54) is 37.7 Å². The molecule has 1 aromatic carbocycles. The largest absolute Gasteiger partial charge is 0.198 e. The molecule has 1 aromatic rings. The van der Waals surface area contributed by atoms with Crippen molar-refractivity contribution in [3.05, 3.63) is 47.0 Å². The molecule has 0 amide bonds. The fraction of sp³-hybridized carbons (Fsp3) is 0.640. The van der Waals surface area contributed by atoms with Crippen LogP contribution in [0.15, 0.2) is 30.4 Å².